The van der Waals surface area contributed by atoms with Gasteiger partial charge in [-0.3, -0.25) is 28.9 Å². The Morgan fingerprint density at radius 1 is 0.917 bits per heavy atom. The Bertz CT molecular complexity index is 1150. The van der Waals surface area contributed by atoms with Crippen molar-refractivity contribution in [2.45, 2.75) is 25.7 Å². The number of esters is 1. The van der Waals surface area contributed by atoms with E-state index in [-0.39, 0.29) is 29.6 Å². The summed E-state index contributed by atoms with van der Waals surface area (Å²) in [4.78, 5) is 62.7. The highest BCUT2D eigenvalue weighted by Crippen LogP contribution is 2.37. The second-order valence-corrected chi connectivity index (χ2v) is 8.70. The second kappa shape index (κ2) is 11.0. The van der Waals surface area contributed by atoms with E-state index in [1.807, 2.05) is 0 Å². The molecule has 2 aromatic carbocycles. The molecular formula is C26H27N3O7. The summed E-state index contributed by atoms with van der Waals surface area (Å²) in [5.74, 6) is -2.60. The molecule has 0 bridgehead atoms. The third-order valence-electron chi connectivity index (χ3n) is 6.37. The van der Waals surface area contributed by atoms with Crippen LogP contribution in [0.5, 0.6) is 5.75 Å². The molecule has 10 heteroatoms. The molecule has 1 saturated heterocycles. The van der Waals surface area contributed by atoms with Crippen molar-refractivity contribution in [3.05, 3.63) is 54.1 Å². The highest BCUT2D eigenvalue weighted by molar-refractivity contribution is 6.07. The van der Waals surface area contributed by atoms with Gasteiger partial charge in [0.15, 0.2) is 6.61 Å². The first-order chi connectivity index (χ1) is 17.4. The van der Waals surface area contributed by atoms with Crippen LogP contribution in [-0.2, 0) is 23.9 Å². The Morgan fingerprint density at radius 2 is 1.56 bits per heavy atom. The van der Waals surface area contributed by atoms with Crippen molar-refractivity contribution in [1.82, 2.24) is 4.90 Å². The van der Waals surface area contributed by atoms with Crippen LogP contribution in [0, 0.1) is 11.8 Å². The first kappa shape index (κ1) is 24.9. The molecule has 4 amide bonds. The van der Waals surface area contributed by atoms with Gasteiger partial charge in [0, 0.05) is 11.3 Å². The lowest BCUT2D eigenvalue weighted by atomic mass is 9.81. The summed E-state index contributed by atoms with van der Waals surface area (Å²) in [5.41, 5.74) is 1.30. The zero-order valence-electron chi connectivity index (χ0n) is 19.8. The molecule has 2 N–H and O–H groups in total. The number of rotatable bonds is 8. The molecule has 1 aliphatic carbocycles. The molecule has 188 valence electrons. The number of hydrogen-bond acceptors (Lipinski definition) is 7. The topological polar surface area (TPSA) is 131 Å². The minimum Gasteiger partial charge on any atom is -0.495 e. The van der Waals surface area contributed by atoms with E-state index >= 15 is 0 Å². The average molecular weight is 494 g/mol. The number of ether oxygens (including phenoxy) is 2. The summed E-state index contributed by atoms with van der Waals surface area (Å²) < 4.78 is 10.2. The molecule has 10 nitrogen and oxygen atoms in total. The van der Waals surface area contributed by atoms with Crippen LogP contribution in [0.1, 0.15) is 36.0 Å². The van der Waals surface area contributed by atoms with Crippen LogP contribution in [0.15, 0.2) is 48.5 Å². The van der Waals surface area contributed by atoms with Crippen LogP contribution < -0.4 is 15.4 Å². The fourth-order valence-electron chi connectivity index (χ4n) is 4.55. The predicted octanol–water partition coefficient (Wildman–Crippen LogP) is 2.60. The quantitative estimate of drug-likeness (QED) is 0.427. The first-order valence-electron chi connectivity index (χ1n) is 11.7. The summed E-state index contributed by atoms with van der Waals surface area (Å²) in [5, 5.41) is 5.33. The zero-order valence-corrected chi connectivity index (χ0v) is 19.8. The van der Waals surface area contributed by atoms with E-state index < -0.39 is 25.0 Å². The average Bonchev–Trinajstić information content (AvgIpc) is 3.13. The van der Waals surface area contributed by atoms with Crippen molar-refractivity contribution in [2.75, 3.05) is 30.9 Å². The van der Waals surface area contributed by atoms with Crippen molar-refractivity contribution in [2.24, 2.45) is 11.8 Å². The molecule has 0 spiro atoms. The van der Waals surface area contributed by atoms with E-state index in [9.17, 15) is 24.0 Å². The van der Waals surface area contributed by atoms with Gasteiger partial charge in [0.1, 0.15) is 12.3 Å². The van der Waals surface area contributed by atoms with Crippen molar-refractivity contribution in [1.29, 1.82) is 0 Å². The van der Waals surface area contributed by atoms with Gasteiger partial charge < -0.3 is 20.1 Å². The molecule has 4 rings (SSSR count). The highest BCUT2D eigenvalue weighted by atomic mass is 16.5. The fraction of sp³-hybridized carbons (Fsp3) is 0.346. The number of para-hydroxylation sites is 2. The van der Waals surface area contributed by atoms with Crippen molar-refractivity contribution < 1.29 is 33.4 Å². The van der Waals surface area contributed by atoms with Gasteiger partial charge in [-0.15, -0.1) is 0 Å². The number of imide groups is 1. The van der Waals surface area contributed by atoms with Crippen molar-refractivity contribution >= 4 is 41.0 Å². The van der Waals surface area contributed by atoms with Gasteiger partial charge in [-0.25, -0.2) is 0 Å². The number of likely N-dealkylation sites (tertiary alicyclic amines) is 1. The summed E-state index contributed by atoms with van der Waals surface area (Å²) in [6.07, 6.45) is 3.10. The van der Waals surface area contributed by atoms with E-state index in [0.29, 0.717) is 35.5 Å². The Balaban J connectivity index is 1.24. The maximum absolute atomic E-state index is 12.5. The number of hydrogen-bond donors (Lipinski definition) is 2. The smallest absolute Gasteiger partial charge is 0.326 e. The van der Waals surface area contributed by atoms with E-state index in [4.69, 9.17) is 9.47 Å². The third-order valence-corrected chi connectivity index (χ3v) is 6.37. The number of anilines is 2. The van der Waals surface area contributed by atoms with Gasteiger partial charge >= 0.3 is 5.97 Å². The van der Waals surface area contributed by atoms with E-state index in [0.717, 1.165) is 17.7 Å². The number of carbonyl (C=O) groups is 5. The number of methoxy groups -OCH3 is 1. The predicted molar refractivity (Wildman–Crippen MR) is 129 cm³/mol. The molecule has 1 aliphatic heterocycles. The molecule has 2 unspecified atom stereocenters. The molecule has 2 fully saturated rings. The van der Waals surface area contributed by atoms with Crippen LogP contribution in [0.25, 0.3) is 0 Å². The Labute approximate surface area is 207 Å². The fourth-order valence-corrected chi connectivity index (χ4v) is 4.55. The molecule has 0 radical (unpaired) electrons. The number of fused-ring (bicyclic) bond motifs is 1. The normalized spacial score (nSPS) is 18.9. The maximum Gasteiger partial charge on any atom is 0.326 e. The number of amides is 4. The Hall–Kier alpha value is -4.21. The van der Waals surface area contributed by atoms with E-state index in [1.54, 1.807) is 36.4 Å². The summed E-state index contributed by atoms with van der Waals surface area (Å²) in [6.45, 7) is -1.06. The van der Waals surface area contributed by atoms with Crippen molar-refractivity contribution in [3.8, 4) is 5.75 Å². The SMILES string of the molecule is COc1ccccc1NC(=O)c1ccc(NC(=O)COC(=O)CN2C(=O)C3CCCCC3C2=O)cc1. The second-order valence-electron chi connectivity index (χ2n) is 8.70. The lowest BCUT2D eigenvalue weighted by Crippen LogP contribution is -2.37. The van der Waals surface area contributed by atoms with Gasteiger partial charge in [0.25, 0.3) is 11.8 Å². The first-order valence-corrected chi connectivity index (χ1v) is 11.7. The summed E-state index contributed by atoms with van der Waals surface area (Å²) in [7, 11) is 1.51. The summed E-state index contributed by atoms with van der Waals surface area (Å²) >= 11 is 0. The largest absolute Gasteiger partial charge is 0.495 e. The number of benzene rings is 2. The van der Waals surface area contributed by atoms with E-state index in [1.165, 1.54) is 19.2 Å². The molecule has 0 aromatic heterocycles. The van der Waals surface area contributed by atoms with Crippen LogP contribution in [0.3, 0.4) is 0 Å². The number of nitrogens with zero attached hydrogens (tertiary/aromatic N) is 1. The van der Waals surface area contributed by atoms with Crippen LogP contribution in [0.2, 0.25) is 0 Å². The molecular weight excluding hydrogens is 466 g/mol. The van der Waals surface area contributed by atoms with Crippen molar-refractivity contribution in [3.63, 3.8) is 0 Å². The minimum atomic E-state index is -0.825. The zero-order chi connectivity index (χ0) is 25.7. The molecule has 1 heterocycles. The molecule has 36 heavy (non-hydrogen) atoms. The lowest BCUT2D eigenvalue weighted by Gasteiger charge is -2.19. The van der Waals surface area contributed by atoms with Gasteiger partial charge in [0.05, 0.1) is 24.6 Å². The molecule has 2 atom stereocenters. The third kappa shape index (κ3) is 5.54. The molecule has 1 saturated carbocycles. The van der Waals surface area contributed by atoms with Crippen LogP contribution >= 0.6 is 0 Å². The Morgan fingerprint density at radius 3 is 2.19 bits per heavy atom. The van der Waals surface area contributed by atoms with E-state index in [2.05, 4.69) is 10.6 Å². The molecule has 2 aromatic rings. The molecule has 2 aliphatic rings. The van der Waals surface area contributed by atoms with Crippen LogP contribution in [0.4, 0.5) is 11.4 Å². The van der Waals surface area contributed by atoms with Gasteiger partial charge in [0.2, 0.25) is 11.8 Å². The number of carbonyl (C=O) groups excluding carboxylic acids is 5. The van der Waals surface area contributed by atoms with Gasteiger partial charge in [-0.2, -0.15) is 0 Å². The minimum absolute atomic E-state index is 0.332. The summed E-state index contributed by atoms with van der Waals surface area (Å²) in [6, 6.07) is 13.2. The van der Waals surface area contributed by atoms with Gasteiger partial charge in [-0.1, -0.05) is 25.0 Å². The Kier molecular flexibility index (Phi) is 7.62. The standard InChI is InChI=1S/C26H27N3O7/c1-35-21-9-5-4-8-20(21)28-24(32)16-10-12-17(13-11-16)27-22(30)15-36-23(31)14-29-25(33)18-6-2-3-7-19(18)26(29)34/h4-5,8-13,18-19H,2-3,6-7,14-15H2,1H3,(H,27,30)(H,28,32). The maximum atomic E-state index is 12.5. The monoisotopic (exact) mass is 493 g/mol. The lowest BCUT2D eigenvalue weighted by molar-refractivity contribution is -0.154. The van der Waals surface area contributed by atoms with Gasteiger partial charge in [-0.05, 0) is 49.2 Å². The highest BCUT2D eigenvalue weighted by Gasteiger charge is 2.48. The van der Waals surface area contributed by atoms with Crippen LogP contribution in [-0.4, -0.2) is 54.8 Å². The number of nitrogens with one attached hydrogen (secondary N) is 2.